The Kier molecular flexibility index (Phi) is 4.99. The van der Waals surface area contributed by atoms with Crippen LogP contribution in [0.15, 0.2) is 97.1 Å². The molecular weight excluding hydrogens is 424 g/mol. The number of fused-ring (bicyclic) bond motifs is 6. The maximum atomic E-state index is 13.4. The Hall–Kier alpha value is -4.18. The van der Waals surface area contributed by atoms with E-state index in [-0.39, 0.29) is 12.5 Å². The second-order valence-corrected chi connectivity index (χ2v) is 8.63. The Labute approximate surface area is 197 Å². The van der Waals surface area contributed by atoms with Crippen LogP contribution < -0.4 is 0 Å². The van der Waals surface area contributed by atoms with Crippen molar-refractivity contribution in [2.75, 3.05) is 6.61 Å². The van der Waals surface area contributed by atoms with Gasteiger partial charge in [-0.25, -0.2) is 9.59 Å². The summed E-state index contributed by atoms with van der Waals surface area (Å²) in [6.45, 7) is 1.66. The first-order chi connectivity index (χ1) is 16.8. The standard InChI is InChI=1S/C30H21O4/c31-18-34-29(28-25-15-7-5-11-21(25)22-12-6-8-16-26(22)28)30(32)33-17-27-23-13-3-1-9-19(23)20-10-2-4-14-24(20)27/h1-16,27-29H,17H2. The molecule has 2 aliphatic rings. The normalized spacial score (nSPS) is 14.5. The van der Waals surface area contributed by atoms with E-state index in [1.807, 2.05) is 72.8 Å². The molecule has 0 fully saturated rings. The lowest BCUT2D eigenvalue weighted by Crippen LogP contribution is -2.33. The first kappa shape index (κ1) is 20.4. The van der Waals surface area contributed by atoms with Crippen LogP contribution in [0.2, 0.25) is 0 Å². The van der Waals surface area contributed by atoms with E-state index in [1.54, 1.807) is 0 Å². The highest BCUT2D eigenvalue weighted by Gasteiger charge is 2.41. The number of carbonyl (C=O) groups excluding carboxylic acids is 2. The number of esters is 1. The van der Waals surface area contributed by atoms with Gasteiger partial charge in [-0.2, -0.15) is 0 Å². The highest BCUT2D eigenvalue weighted by atomic mass is 16.6. The molecule has 4 heteroatoms. The maximum absolute atomic E-state index is 13.4. The van der Waals surface area contributed by atoms with Gasteiger partial charge >= 0.3 is 12.4 Å². The molecule has 165 valence electrons. The molecule has 0 amide bonds. The molecule has 0 aromatic heterocycles. The SMILES string of the molecule is O=[C]OC(C(=O)OCC1c2ccccc2-c2ccccc21)C1c2ccccc2-c2ccccc21. The van der Waals surface area contributed by atoms with Crippen molar-refractivity contribution in [3.63, 3.8) is 0 Å². The average Bonchev–Trinajstić information content (AvgIpc) is 3.39. The zero-order chi connectivity index (χ0) is 23.1. The fraction of sp³-hybridized carbons (Fsp3) is 0.133. The summed E-state index contributed by atoms with van der Waals surface area (Å²) in [5, 5.41) is 0. The van der Waals surface area contributed by atoms with Gasteiger partial charge in [0.1, 0.15) is 6.61 Å². The lowest BCUT2D eigenvalue weighted by atomic mass is 9.91. The van der Waals surface area contributed by atoms with Crippen LogP contribution in [-0.4, -0.2) is 25.2 Å². The minimum atomic E-state index is -1.12. The van der Waals surface area contributed by atoms with E-state index in [4.69, 9.17) is 9.47 Å². The van der Waals surface area contributed by atoms with Crippen molar-refractivity contribution in [1.29, 1.82) is 0 Å². The van der Waals surface area contributed by atoms with Crippen LogP contribution in [0.3, 0.4) is 0 Å². The minimum absolute atomic E-state index is 0.0691. The maximum Gasteiger partial charge on any atom is 0.418 e. The molecule has 4 nitrogen and oxygen atoms in total. The third-order valence-electron chi connectivity index (χ3n) is 6.95. The smallest absolute Gasteiger partial charge is 0.418 e. The van der Waals surface area contributed by atoms with Gasteiger partial charge in [0.05, 0.1) is 5.92 Å². The van der Waals surface area contributed by atoms with Crippen LogP contribution >= 0.6 is 0 Å². The molecule has 1 radical (unpaired) electrons. The molecule has 0 aliphatic heterocycles. The summed E-state index contributed by atoms with van der Waals surface area (Å²) in [5.41, 5.74) is 8.54. The summed E-state index contributed by atoms with van der Waals surface area (Å²) in [6, 6.07) is 32.1. The van der Waals surface area contributed by atoms with E-state index >= 15 is 0 Å². The van der Waals surface area contributed by atoms with Gasteiger partial charge in [-0.05, 0) is 44.5 Å². The van der Waals surface area contributed by atoms with Crippen LogP contribution in [0.4, 0.5) is 0 Å². The molecule has 2 aliphatic carbocycles. The Morgan fingerprint density at radius 1 is 0.676 bits per heavy atom. The van der Waals surface area contributed by atoms with E-state index < -0.39 is 18.0 Å². The fourth-order valence-electron chi connectivity index (χ4n) is 5.51. The van der Waals surface area contributed by atoms with Gasteiger partial charge in [0.25, 0.3) is 0 Å². The molecule has 0 bridgehead atoms. The summed E-state index contributed by atoms with van der Waals surface area (Å²) < 4.78 is 11.1. The lowest BCUT2D eigenvalue weighted by Gasteiger charge is -2.23. The van der Waals surface area contributed by atoms with E-state index in [9.17, 15) is 9.59 Å². The molecule has 0 saturated carbocycles. The highest BCUT2D eigenvalue weighted by molar-refractivity contribution is 5.86. The summed E-state index contributed by atoms with van der Waals surface area (Å²) in [6.07, 6.45) is -1.12. The number of rotatable bonds is 6. The number of hydrogen-bond donors (Lipinski definition) is 0. The minimum Gasteiger partial charge on any atom is -0.462 e. The monoisotopic (exact) mass is 445 g/mol. The first-order valence-electron chi connectivity index (χ1n) is 11.3. The largest absolute Gasteiger partial charge is 0.462 e. The number of hydrogen-bond acceptors (Lipinski definition) is 4. The van der Waals surface area contributed by atoms with Crippen molar-refractivity contribution in [2.24, 2.45) is 0 Å². The van der Waals surface area contributed by atoms with Crippen molar-refractivity contribution < 1.29 is 19.1 Å². The van der Waals surface area contributed by atoms with Gasteiger partial charge in [-0.15, -0.1) is 0 Å². The summed E-state index contributed by atoms with van der Waals surface area (Å²) in [4.78, 5) is 24.7. The fourth-order valence-corrected chi connectivity index (χ4v) is 5.51. The molecule has 1 atom stereocenters. The third-order valence-corrected chi connectivity index (χ3v) is 6.95. The topological polar surface area (TPSA) is 52.6 Å². The molecule has 4 aromatic carbocycles. The second kappa shape index (κ2) is 8.31. The average molecular weight is 445 g/mol. The second-order valence-electron chi connectivity index (χ2n) is 8.63. The quantitative estimate of drug-likeness (QED) is 0.362. The van der Waals surface area contributed by atoms with E-state index in [0.717, 1.165) is 44.5 Å². The van der Waals surface area contributed by atoms with Crippen LogP contribution in [0.1, 0.15) is 34.1 Å². The van der Waals surface area contributed by atoms with E-state index in [0.29, 0.717) is 0 Å². The van der Waals surface area contributed by atoms with Crippen molar-refractivity contribution >= 4 is 12.4 Å². The Morgan fingerprint density at radius 2 is 1.09 bits per heavy atom. The van der Waals surface area contributed by atoms with Crippen molar-refractivity contribution in [2.45, 2.75) is 17.9 Å². The molecule has 0 spiro atoms. The van der Waals surface area contributed by atoms with Crippen LogP contribution in [0.5, 0.6) is 0 Å². The van der Waals surface area contributed by atoms with Crippen molar-refractivity contribution in [1.82, 2.24) is 0 Å². The molecule has 1 unspecified atom stereocenters. The number of carbonyl (C=O) groups is 1. The molecule has 0 N–H and O–H groups in total. The van der Waals surface area contributed by atoms with Gasteiger partial charge in [-0.3, -0.25) is 0 Å². The van der Waals surface area contributed by atoms with E-state index in [2.05, 4.69) is 24.3 Å². The predicted molar refractivity (Wildman–Crippen MR) is 129 cm³/mol. The number of ether oxygens (including phenoxy) is 2. The summed E-state index contributed by atoms with van der Waals surface area (Å²) in [5.74, 6) is -1.08. The first-order valence-corrected chi connectivity index (χ1v) is 11.3. The Morgan fingerprint density at radius 3 is 1.56 bits per heavy atom. The zero-order valence-corrected chi connectivity index (χ0v) is 18.3. The molecule has 34 heavy (non-hydrogen) atoms. The highest BCUT2D eigenvalue weighted by Crippen LogP contribution is 2.48. The van der Waals surface area contributed by atoms with Crippen molar-refractivity contribution in [3.8, 4) is 22.3 Å². The number of benzene rings is 4. The Bertz CT molecular complexity index is 1320. The Balaban J connectivity index is 1.31. The predicted octanol–water partition coefficient (Wildman–Crippen LogP) is 5.61. The van der Waals surface area contributed by atoms with Crippen LogP contribution in [0, 0.1) is 0 Å². The molecular formula is C30H21O4. The molecule has 6 rings (SSSR count). The molecule has 4 aromatic rings. The third kappa shape index (κ3) is 3.14. The summed E-state index contributed by atoms with van der Waals surface area (Å²) >= 11 is 0. The zero-order valence-electron chi connectivity index (χ0n) is 18.3. The lowest BCUT2D eigenvalue weighted by molar-refractivity contribution is -0.153. The van der Waals surface area contributed by atoms with Crippen LogP contribution in [0.25, 0.3) is 22.3 Å². The molecule has 0 saturated heterocycles. The van der Waals surface area contributed by atoms with Crippen LogP contribution in [-0.2, 0) is 19.1 Å². The van der Waals surface area contributed by atoms with Gasteiger partial charge in [-0.1, -0.05) is 97.1 Å². The van der Waals surface area contributed by atoms with Gasteiger partial charge < -0.3 is 9.47 Å². The van der Waals surface area contributed by atoms with Gasteiger partial charge in [0.2, 0.25) is 6.10 Å². The summed E-state index contributed by atoms with van der Waals surface area (Å²) in [7, 11) is 0. The van der Waals surface area contributed by atoms with Crippen molar-refractivity contribution in [3.05, 3.63) is 119 Å². The van der Waals surface area contributed by atoms with E-state index in [1.165, 1.54) is 6.47 Å². The van der Waals surface area contributed by atoms with Gasteiger partial charge in [0, 0.05) is 5.92 Å². The molecule has 0 heterocycles. The van der Waals surface area contributed by atoms with Gasteiger partial charge in [0.15, 0.2) is 0 Å².